The van der Waals surface area contributed by atoms with Gasteiger partial charge in [-0.15, -0.1) is 0 Å². The van der Waals surface area contributed by atoms with Crippen LogP contribution in [0.3, 0.4) is 0 Å². The molecule has 0 bridgehead atoms. The lowest BCUT2D eigenvalue weighted by atomic mass is 9.81. The molecule has 0 aromatic carbocycles. The van der Waals surface area contributed by atoms with E-state index in [1.165, 1.54) is 19.3 Å². The minimum atomic E-state index is -0.241. The van der Waals surface area contributed by atoms with Gasteiger partial charge < -0.3 is 4.74 Å². The highest BCUT2D eigenvalue weighted by atomic mass is 16.5. The van der Waals surface area contributed by atoms with Crippen LogP contribution in [0.25, 0.3) is 0 Å². The molecule has 13 heavy (non-hydrogen) atoms. The molecule has 72 valence electrons. The summed E-state index contributed by atoms with van der Waals surface area (Å²) in [6, 6.07) is 0. The van der Waals surface area contributed by atoms with Gasteiger partial charge >= 0.3 is 5.97 Å². The van der Waals surface area contributed by atoms with Gasteiger partial charge in [-0.3, -0.25) is 4.79 Å². The second-order valence-electron chi connectivity index (χ2n) is 3.73. The minimum absolute atomic E-state index is 0.0312. The molecule has 0 radical (unpaired) electrons. The van der Waals surface area contributed by atoms with Crippen molar-refractivity contribution in [3.8, 4) is 12.5 Å². The van der Waals surface area contributed by atoms with Crippen LogP contribution in [0.1, 0.15) is 39.0 Å². The molecule has 1 rings (SSSR count). The van der Waals surface area contributed by atoms with Crippen molar-refractivity contribution in [1.29, 1.82) is 0 Å². The van der Waals surface area contributed by atoms with Gasteiger partial charge in [0.1, 0.15) is 6.11 Å². The molecule has 0 aliphatic heterocycles. The third-order valence-corrected chi connectivity index (χ3v) is 2.89. The highest BCUT2D eigenvalue weighted by molar-refractivity contribution is 5.73. The van der Waals surface area contributed by atoms with Crippen molar-refractivity contribution in [3.05, 3.63) is 0 Å². The van der Waals surface area contributed by atoms with E-state index in [2.05, 4.69) is 4.74 Å². The first-order valence-electron chi connectivity index (χ1n) is 4.92. The summed E-state index contributed by atoms with van der Waals surface area (Å²) in [5.74, 6) is 0.209. The molecule has 2 heteroatoms. The first-order chi connectivity index (χ1) is 6.25. The zero-order valence-corrected chi connectivity index (χ0v) is 8.08. The van der Waals surface area contributed by atoms with E-state index in [1.807, 2.05) is 13.0 Å². The first kappa shape index (κ1) is 10.1. The normalized spacial score (nSPS) is 20.3. The number of hydrogen-bond acceptors (Lipinski definition) is 2. The summed E-state index contributed by atoms with van der Waals surface area (Å²) in [5.41, 5.74) is 0. The summed E-state index contributed by atoms with van der Waals surface area (Å²) in [4.78, 5) is 11.3. The van der Waals surface area contributed by atoms with Crippen LogP contribution in [0.4, 0.5) is 0 Å². The summed E-state index contributed by atoms with van der Waals surface area (Å²) in [6.45, 7) is 1.91. The lowest BCUT2D eigenvalue weighted by Crippen LogP contribution is -2.23. The Morgan fingerprint density at radius 2 is 2.08 bits per heavy atom. The van der Waals surface area contributed by atoms with E-state index in [0.717, 1.165) is 12.8 Å². The Balaban J connectivity index is 2.41. The maximum atomic E-state index is 11.3. The predicted octanol–water partition coefficient (Wildman–Crippen LogP) is 2.34. The first-order valence-corrected chi connectivity index (χ1v) is 4.92. The summed E-state index contributed by atoms with van der Waals surface area (Å²) < 4.78 is 4.55. The van der Waals surface area contributed by atoms with E-state index in [9.17, 15) is 4.79 Å². The molecule has 0 heterocycles. The number of carbonyl (C=O) groups excluding carboxylic acids is 1. The van der Waals surface area contributed by atoms with Crippen molar-refractivity contribution in [2.75, 3.05) is 0 Å². The fourth-order valence-electron chi connectivity index (χ4n) is 1.98. The van der Waals surface area contributed by atoms with Gasteiger partial charge in [0, 0.05) is 0 Å². The van der Waals surface area contributed by atoms with Gasteiger partial charge in [0.15, 0.2) is 0 Å². The highest BCUT2D eigenvalue weighted by Crippen LogP contribution is 2.30. The Kier molecular flexibility index (Phi) is 3.82. The number of rotatable bonds is 2. The standard InChI is InChI=1S/C11H16O2/c1-3-13-11(12)9(2)10-7-5-4-6-8-10/h1,9-10H,4-8H2,2H3. The third-order valence-electron chi connectivity index (χ3n) is 2.89. The van der Waals surface area contributed by atoms with E-state index in [4.69, 9.17) is 6.42 Å². The van der Waals surface area contributed by atoms with Gasteiger partial charge in [-0.25, -0.2) is 0 Å². The number of carbonyl (C=O) groups is 1. The van der Waals surface area contributed by atoms with Crippen molar-refractivity contribution in [3.63, 3.8) is 0 Å². The Morgan fingerprint density at radius 3 is 2.62 bits per heavy atom. The molecule has 0 aromatic rings. The molecular weight excluding hydrogens is 164 g/mol. The molecule has 1 unspecified atom stereocenters. The fraction of sp³-hybridized carbons (Fsp3) is 0.727. The molecule has 2 nitrogen and oxygen atoms in total. The average molecular weight is 180 g/mol. The lowest BCUT2D eigenvalue weighted by molar-refractivity contribution is -0.143. The van der Waals surface area contributed by atoms with Crippen molar-refractivity contribution < 1.29 is 9.53 Å². The van der Waals surface area contributed by atoms with Gasteiger partial charge in [0.05, 0.1) is 5.92 Å². The Hall–Kier alpha value is -0.970. The summed E-state index contributed by atoms with van der Waals surface area (Å²) in [5, 5.41) is 0. The highest BCUT2D eigenvalue weighted by Gasteiger charge is 2.26. The molecule has 1 fully saturated rings. The monoisotopic (exact) mass is 180 g/mol. The molecule has 1 saturated carbocycles. The van der Waals surface area contributed by atoms with Crippen LogP contribution in [0, 0.1) is 24.4 Å². The second kappa shape index (κ2) is 4.91. The third kappa shape index (κ3) is 2.77. The molecule has 0 spiro atoms. The quantitative estimate of drug-likeness (QED) is 0.481. The zero-order chi connectivity index (χ0) is 9.68. The van der Waals surface area contributed by atoms with Crippen LogP contribution in [-0.2, 0) is 9.53 Å². The average Bonchev–Trinajstić information content (AvgIpc) is 2.18. The molecule has 0 amide bonds. The van der Waals surface area contributed by atoms with Gasteiger partial charge in [-0.05, 0) is 18.8 Å². The lowest BCUT2D eigenvalue weighted by Gasteiger charge is -2.25. The van der Waals surface area contributed by atoms with Crippen molar-refractivity contribution >= 4 is 5.97 Å². The smallest absolute Gasteiger partial charge is 0.322 e. The number of ether oxygens (including phenoxy) is 1. The predicted molar refractivity (Wildman–Crippen MR) is 50.7 cm³/mol. The van der Waals surface area contributed by atoms with Crippen LogP contribution in [-0.4, -0.2) is 5.97 Å². The Morgan fingerprint density at radius 1 is 1.46 bits per heavy atom. The van der Waals surface area contributed by atoms with Crippen molar-refractivity contribution in [1.82, 2.24) is 0 Å². The molecule has 1 aliphatic rings. The van der Waals surface area contributed by atoms with E-state index in [1.54, 1.807) is 0 Å². The van der Waals surface area contributed by atoms with Crippen LogP contribution < -0.4 is 0 Å². The van der Waals surface area contributed by atoms with E-state index in [-0.39, 0.29) is 11.9 Å². The SMILES string of the molecule is C#COC(=O)C(C)C1CCCCC1. The molecule has 0 N–H and O–H groups in total. The van der Waals surface area contributed by atoms with E-state index < -0.39 is 0 Å². The maximum Gasteiger partial charge on any atom is 0.322 e. The Labute approximate surface area is 79.7 Å². The van der Waals surface area contributed by atoms with Crippen LogP contribution >= 0.6 is 0 Å². The van der Waals surface area contributed by atoms with Gasteiger partial charge in [0.2, 0.25) is 0 Å². The summed E-state index contributed by atoms with van der Waals surface area (Å²) in [7, 11) is 0. The largest absolute Gasteiger partial charge is 0.372 e. The maximum absolute atomic E-state index is 11.3. The molecule has 1 atom stereocenters. The number of hydrogen-bond donors (Lipinski definition) is 0. The fourth-order valence-corrected chi connectivity index (χ4v) is 1.98. The number of terminal acetylenes is 1. The molecule has 0 saturated heterocycles. The second-order valence-corrected chi connectivity index (χ2v) is 3.73. The van der Waals surface area contributed by atoms with Crippen LogP contribution in [0.5, 0.6) is 0 Å². The minimum Gasteiger partial charge on any atom is -0.372 e. The van der Waals surface area contributed by atoms with Crippen molar-refractivity contribution in [2.45, 2.75) is 39.0 Å². The molecule has 0 aromatic heterocycles. The van der Waals surface area contributed by atoms with Crippen molar-refractivity contribution in [2.24, 2.45) is 11.8 Å². The van der Waals surface area contributed by atoms with Gasteiger partial charge in [0.25, 0.3) is 0 Å². The molecular formula is C11H16O2. The van der Waals surface area contributed by atoms with Crippen LogP contribution in [0.2, 0.25) is 0 Å². The van der Waals surface area contributed by atoms with Gasteiger partial charge in [-0.2, -0.15) is 0 Å². The molecule has 1 aliphatic carbocycles. The van der Waals surface area contributed by atoms with E-state index in [0.29, 0.717) is 5.92 Å². The van der Waals surface area contributed by atoms with E-state index >= 15 is 0 Å². The zero-order valence-electron chi connectivity index (χ0n) is 8.08. The number of esters is 1. The summed E-state index contributed by atoms with van der Waals surface area (Å²) in [6.07, 6.45) is 12.9. The van der Waals surface area contributed by atoms with Crippen LogP contribution in [0.15, 0.2) is 0 Å². The topological polar surface area (TPSA) is 26.3 Å². The van der Waals surface area contributed by atoms with Gasteiger partial charge in [-0.1, -0.05) is 32.6 Å². The Bertz CT molecular complexity index is 209. The summed E-state index contributed by atoms with van der Waals surface area (Å²) >= 11 is 0.